The van der Waals surface area contributed by atoms with Crippen LogP contribution in [-0.2, 0) is 4.79 Å². The van der Waals surface area contributed by atoms with E-state index in [1.165, 1.54) is 4.88 Å². The van der Waals surface area contributed by atoms with Crippen molar-refractivity contribution in [3.8, 4) is 11.4 Å². The summed E-state index contributed by atoms with van der Waals surface area (Å²) >= 11 is 3.38. The number of benzene rings is 1. The van der Waals surface area contributed by atoms with E-state index in [1.54, 1.807) is 30.2 Å². The second-order valence-electron chi connectivity index (χ2n) is 6.12. The SMILES string of the molecule is COc1ccc(-n2nc(C)c3c2NC(=O)[C@@H](C)S[C@H]3c2cccs2)cc1. The number of rotatable bonds is 3. The number of carbonyl (C=O) groups excluding carboxylic acids is 1. The molecule has 26 heavy (non-hydrogen) atoms. The maximum atomic E-state index is 12.6. The van der Waals surface area contributed by atoms with Crippen LogP contribution < -0.4 is 10.1 Å². The highest BCUT2D eigenvalue weighted by molar-refractivity contribution is 8.01. The molecule has 4 rings (SSSR count). The lowest BCUT2D eigenvalue weighted by atomic mass is 10.1. The molecule has 2 aromatic heterocycles. The van der Waals surface area contributed by atoms with Crippen LogP contribution in [0.3, 0.4) is 0 Å². The number of fused-ring (bicyclic) bond motifs is 1. The van der Waals surface area contributed by atoms with E-state index in [9.17, 15) is 4.79 Å². The third-order valence-corrected chi connectivity index (χ3v) is 6.91. The van der Waals surface area contributed by atoms with Gasteiger partial charge in [0.2, 0.25) is 5.91 Å². The van der Waals surface area contributed by atoms with Gasteiger partial charge < -0.3 is 10.1 Å². The topological polar surface area (TPSA) is 56.1 Å². The minimum Gasteiger partial charge on any atom is -0.497 e. The van der Waals surface area contributed by atoms with Crippen LogP contribution >= 0.6 is 23.1 Å². The highest BCUT2D eigenvalue weighted by Crippen LogP contribution is 2.47. The first-order valence-electron chi connectivity index (χ1n) is 8.32. The number of aryl methyl sites for hydroxylation is 1. The summed E-state index contributed by atoms with van der Waals surface area (Å²) in [5.41, 5.74) is 2.89. The Morgan fingerprint density at radius 1 is 1.23 bits per heavy atom. The fourth-order valence-corrected chi connectivity index (χ4v) is 5.35. The number of methoxy groups -OCH3 is 1. The molecular formula is C19H19N3O2S2. The maximum absolute atomic E-state index is 12.6. The van der Waals surface area contributed by atoms with Gasteiger partial charge in [0, 0.05) is 10.4 Å². The van der Waals surface area contributed by atoms with Crippen molar-refractivity contribution in [2.24, 2.45) is 0 Å². The van der Waals surface area contributed by atoms with Crippen LogP contribution in [-0.4, -0.2) is 28.0 Å². The van der Waals surface area contributed by atoms with Gasteiger partial charge in [0.15, 0.2) is 0 Å². The van der Waals surface area contributed by atoms with Gasteiger partial charge in [-0.25, -0.2) is 4.68 Å². The van der Waals surface area contributed by atoms with Gasteiger partial charge in [-0.3, -0.25) is 4.79 Å². The van der Waals surface area contributed by atoms with E-state index in [4.69, 9.17) is 9.84 Å². The van der Waals surface area contributed by atoms with E-state index in [2.05, 4.69) is 16.8 Å². The first kappa shape index (κ1) is 17.2. The van der Waals surface area contributed by atoms with Gasteiger partial charge in [0.05, 0.1) is 29.0 Å². The van der Waals surface area contributed by atoms with Crippen LogP contribution in [0.5, 0.6) is 5.75 Å². The quantitative estimate of drug-likeness (QED) is 0.725. The highest BCUT2D eigenvalue weighted by atomic mass is 32.2. The van der Waals surface area contributed by atoms with Crippen LogP contribution in [0.1, 0.15) is 28.3 Å². The number of thioether (sulfide) groups is 1. The number of carbonyl (C=O) groups is 1. The van der Waals surface area contributed by atoms with E-state index in [-0.39, 0.29) is 16.4 Å². The summed E-state index contributed by atoms with van der Waals surface area (Å²) in [6.45, 7) is 3.95. The Kier molecular flexibility index (Phi) is 4.50. The number of thiophene rings is 1. The summed E-state index contributed by atoms with van der Waals surface area (Å²) in [5.74, 6) is 1.55. The van der Waals surface area contributed by atoms with Crippen molar-refractivity contribution < 1.29 is 9.53 Å². The second-order valence-corrected chi connectivity index (χ2v) is 8.55. The Morgan fingerprint density at radius 2 is 2.00 bits per heavy atom. The smallest absolute Gasteiger partial charge is 0.238 e. The molecule has 7 heteroatoms. The molecule has 1 N–H and O–H groups in total. The summed E-state index contributed by atoms with van der Waals surface area (Å²) in [7, 11) is 1.64. The van der Waals surface area contributed by atoms with E-state index in [0.717, 1.165) is 28.5 Å². The van der Waals surface area contributed by atoms with Gasteiger partial charge in [0.25, 0.3) is 0 Å². The van der Waals surface area contributed by atoms with Gasteiger partial charge >= 0.3 is 0 Å². The molecule has 0 radical (unpaired) electrons. The fourth-order valence-electron chi connectivity index (χ4n) is 3.09. The molecule has 0 saturated carbocycles. The predicted molar refractivity (Wildman–Crippen MR) is 107 cm³/mol. The average molecular weight is 386 g/mol. The predicted octanol–water partition coefficient (Wildman–Crippen LogP) is 4.41. The van der Waals surface area contributed by atoms with E-state index >= 15 is 0 Å². The summed E-state index contributed by atoms with van der Waals surface area (Å²) in [5, 5.41) is 9.85. The van der Waals surface area contributed by atoms with Crippen molar-refractivity contribution in [2.45, 2.75) is 24.3 Å². The highest BCUT2D eigenvalue weighted by Gasteiger charge is 2.34. The monoisotopic (exact) mass is 385 g/mol. The molecule has 1 aliphatic heterocycles. The molecule has 3 aromatic rings. The second kappa shape index (κ2) is 6.81. The Bertz CT molecular complexity index is 933. The van der Waals surface area contributed by atoms with Crippen LogP contribution in [0, 0.1) is 6.92 Å². The molecule has 1 aliphatic rings. The normalized spacial score (nSPS) is 19.6. The summed E-state index contributed by atoms with van der Waals surface area (Å²) in [6.07, 6.45) is 0. The molecule has 0 spiro atoms. The molecule has 0 fully saturated rings. The zero-order valence-corrected chi connectivity index (χ0v) is 16.4. The largest absolute Gasteiger partial charge is 0.497 e. The molecule has 1 aromatic carbocycles. The maximum Gasteiger partial charge on any atom is 0.238 e. The molecule has 0 bridgehead atoms. The zero-order valence-electron chi connectivity index (χ0n) is 14.7. The lowest BCUT2D eigenvalue weighted by Crippen LogP contribution is -2.22. The Morgan fingerprint density at radius 3 is 2.65 bits per heavy atom. The van der Waals surface area contributed by atoms with E-state index in [1.807, 2.05) is 48.9 Å². The van der Waals surface area contributed by atoms with Gasteiger partial charge in [-0.2, -0.15) is 5.10 Å². The number of hydrogen-bond acceptors (Lipinski definition) is 5. The van der Waals surface area contributed by atoms with Crippen molar-refractivity contribution in [2.75, 3.05) is 12.4 Å². The number of amides is 1. The van der Waals surface area contributed by atoms with Gasteiger partial charge in [-0.15, -0.1) is 23.1 Å². The number of aromatic nitrogens is 2. The Labute approximate surface area is 160 Å². The van der Waals surface area contributed by atoms with Crippen LogP contribution in [0.25, 0.3) is 5.69 Å². The van der Waals surface area contributed by atoms with Gasteiger partial charge in [-0.1, -0.05) is 6.07 Å². The first-order chi connectivity index (χ1) is 12.6. The molecule has 0 saturated heterocycles. The third-order valence-electron chi connectivity index (χ3n) is 4.44. The number of nitrogens with zero attached hydrogens (tertiary/aromatic N) is 2. The van der Waals surface area contributed by atoms with Crippen molar-refractivity contribution in [3.63, 3.8) is 0 Å². The zero-order chi connectivity index (χ0) is 18.3. The molecule has 2 atom stereocenters. The molecule has 3 heterocycles. The van der Waals surface area contributed by atoms with Crippen LogP contribution in [0.2, 0.25) is 0 Å². The van der Waals surface area contributed by atoms with Crippen molar-refractivity contribution in [1.29, 1.82) is 0 Å². The van der Waals surface area contributed by atoms with E-state index in [0.29, 0.717) is 0 Å². The van der Waals surface area contributed by atoms with Gasteiger partial charge in [-0.05, 0) is 49.6 Å². The Hall–Kier alpha value is -2.25. The lowest BCUT2D eigenvalue weighted by Gasteiger charge is -2.15. The van der Waals surface area contributed by atoms with Gasteiger partial charge in [0.1, 0.15) is 11.6 Å². The standard InChI is InChI=1S/C19H19N3O2S2/c1-11-16-17(15-5-4-10-25-15)26-12(2)19(23)20-18(16)22(21-11)13-6-8-14(24-3)9-7-13/h4-10,12,17H,1-3H3,(H,20,23)/t12-,17+/m1/s1. The molecule has 5 nitrogen and oxygen atoms in total. The number of anilines is 1. The molecule has 1 amide bonds. The molecule has 0 aliphatic carbocycles. The van der Waals surface area contributed by atoms with Crippen LogP contribution in [0.15, 0.2) is 41.8 Å². The van der Waals surface area contributed by atoms with E-state index < -0.39 is 0 Å². The third kappa shape index (κ3) is 2.91. The number of hydrogen-bond donors (Lipinski definition) is 1. The average Bonchev–Trinajstić information content (AvgIpc) is 3.26. The summed E-state index contributed by atoms with van der Waals surface area (Å²) < 4.78 is 7.06. The Balaban J connectivity index is 1.87. The molecule has 134 valence electrons. The van der Waals surface area contributed by atoms with Crippen molar-refractivity contribution in [1.82, 2.24) is 9.78 Å². The summed E-state index contributed by atoms with van der Waals surface area (Å²) in [6, 6.07) is 11.8. The number of nitrogens with one attached hydrogen (secondary N) is 1. The summed E-state index contributed by atoms with van der Waals surface area (Å²) in [4.78, 5) is 13.8. The lowest BCUT2D eigenvalue weighted by molar-refractivity contribution is -0.115. The van der Waals surface area contributed by atoms with Crippen molar-refractivity contribution >= 4 is 34.8 Å². The molecular weight excluding hydrogens is 366 g/mol. The van der Waals surface area contributed by atoms with Crippen molar-refractivity contribution in [3.05, 3.63) is 57.9 Å². The number of ether oxygens (including phenoxy) is 1. The minimum atomic E-state index is -0.141. The molecule has 0 unspecified atom stereocenters. The fraction of sp³-hybridized carbons (Fsp3) is 0.263. The minimum absolute atomic E-state index is 0.00460. The van der Waals surface area contributed by atoms with Crippen LogP contribution in [0.4, 0.5) is 5.82 Å². The first-order valence-corrected chi connectivity index (χ1v) is 10.1.